The second kappa shape index (κ2) is 8.21. The van der Waals surface area contributed by atoms with Crippen LogP contribution in [-0.2, 0) is 6.54 Å². The molecule has 1 N–H and O–H groups in total. The predicted octanol–water partition coefficient (Wildman–Crippen LogP) is 2.87. The Labute approximate surface area is 170 Å². The lowest BCUT2D eigenvalue weighted by Gasteiger charge is -2.19. The number of nitrogens with zero attached hydrogens (tertiary/aromatic N) is 4. The number of ether oxygens (including phenoxy) is 1. The van der Waals surface area contributed by atoms with Crippen molar-refractivity contribution in [3.63, 3.8) is 0 Å². The van der Waals surface area contributed by atoms with Crippen LogP contribution in [0.15, 0.2) is 42.6 Å². The standard InChI is InChI=1S/C22H27N5O2/c1-15(2)26-10-9-17(13-26)21-25-24-20-8-7-18(14-27(20)21)22(28)23-12-16-5-4-6-19(11-16)29-3/h4-8,11,14-15,17H,9-10,12-13H2,1-3H3,(H,23,28). The van der Waals surface area contributed by atoms with E-state index in [0.717, 1.165) is 42.3 Å². The summed E-state index contributed by atoms with van der Waals surface area (Å²) in [4.78, 5) is 15.2. The summed E-state index contributed by atoms with van der Waals surface area (Å²) in [6.07, 6.45) is 2.91. The van der Waals surface area contributed by atoms with Crippen LogP contribution >= 0.6 is 0 Å². The van der Waals surface area contributed by atoms with E-state index < -0.39 is 0 Å². The number of amides is 1. The van der Waals surface area contributed by atoms with Crippen molar-refractivity contribution < 1.29 is 9.53 Å². The molecule has 152 valence electrons. The lowest BCUT2D eigenvalue weighted by Crippen LogP contribution is -2.28. The molecule has 1 fully saturated rings. The smallest absolute Gasteiger partial charge is 0.253 e. The number of aromatic nitrogens is 3. The van der Waals surface area contributed by atoms with Crippen LogP contribution in [0, 0.1) is 0 Å². The number of methoxy groups -OCH3 is 1. The van der Waals surface area contributed by atoms with Gasteiger partial charge in [-0.3, -0.25) is 9.20 Å². The topological polar surface area (TPSA) is 71.8 Å². The number of hydrogen-bond acceptors (Lipinski definition) is 5. The number of benzene rings is 1. The van der Waals surface area contributed by atoms with Gasteiger partial charge in [-0.1, -0.05) is 12.1 Å². The minimum absolute atomic E-state index is 0.121. The van der Waals surface area contributed by atoms with E-state index in [2.05, 4.69) is 34.3 Å². The van der Waals surface area contributed by atoms with Crippen LogP contribution in [0.5, 0.6) is 5.75 Å². The molecular weight excluding hydrogens is 366 g/mol. The molecule has 0 spiro atoms. The molecule has 0 saturated carbocycles. The molecule has 1 unspecified atom stereocenters. The number of likely N-dealkylation sites (tertiary alicyclic amines) is 1. The highest BCUT2D eigenvalue weighted by Crippen LogP contribution is 2.27. The minimum Gasteiger partial charge on any atom is -0.497 e. The number of nitrogens with one attached hydrogen (secondary N) is 1. The van der Waals surface area contributed by atoms with Gasteiger partial charge < -0.3 is 15.0 Å². The summed E-state index contributed by atoms with van der Waals surface area (Å²) in [6, 6.07) is 11.9. The molecule has 3 aromatic rings. The van der Waals surface area contributed by atoms with Gasteiger partial charge in [-0.05, 0) is 56.6 Å². The van der Waals surface area contributed by atoms with Gasteiger partial charge in [0, 0.05) is 31.2 Å². The summed E-state index contributed by atoms with van der Waals surface area (Å²) < 4.78 is 7.20. The molecule has 7 nitrogen and oxygen atoms in total. The van der Waals surface area contributed by atoms with Crippen LogP contribution in [0.3, 0.4) is 0 Å². The molecule has 1 aliphatic rings. The number of rotatable bonds is 6. The molecule has 1 amide bonds. The minimum atomic E-state index is -0.121. The Morgan fingerprint density at radius 1 is 1.28 bits per heavy atom. The van der Waals surface area contributed by atoms with Crippen molar-refractivity contribution in [3.8, 4) is 5.75 Å². The van der Waals surface area contributed by atoms with E-state index in [4.69, 9.17) is 4.74 Å². The van der Waals surface area contributed by atoms with Crippen molar-refractivity contribution in [1.29, 1.82) is 0 Å². The third-order valence-corrected chi connectivity index (χ3v) is 5.59. The Bertz CT molecular complexity index is 1010. The summed E-state index contributed by atoms with van der Waals surface area (Å²) in [5.41, 5.74) is 2.36. The third-order valence-electron chi connectivity index (χ3n) is 5.59. The zero-order valence-electron chi connectivity index (χ0n) is 17.1. The quantitative estimate of drug-likeness (QED) is 0.697. The molecule has 1 aromatic carbocycles. The Hall–Kier alpha value is -2.93. The summed E-state index contributed by atoms with van der Waals surface area (Å²) in [5.74, 6) is 1.93. The molecule has 1 saturated heterocycles. The number of hydrogen-bond donors (Lipinski definition) is 1. The molecule has 0 bridgehead atoms. The Kier molecular flexibility index (Phi) is 5.49. The van der Waals surface area contributed by atoms with Gasteiger partial charge in [-0.15, -0.1) is 10.2 Å². The van der Waals surface area contributed by atoms with Gasteiger partial charge in [-0.2, -0.15) is 0 Å². The van der Waals surface area contributed by atoms with Gasteiger partial charge in [0.05, 0.1) is 12.7 Å². The molecule has 2 aromatic heterocycles. The number of pyridine rings is 1. The fourth-order valence-corrected chi connectivity index (χ4v) is 3.86. The monoisotopic (exact) mass is 393 g/mol. The molecule has 1 atom stereocenters. The molecule has 7 heteroatoms. The van der Waals surface area contributed by atoms with E-state index in [1.54, 1.807) is 13.2 Å². The van der Waals surface area contributed by atoms with Gasteiger partial charge in [0.25, 0.3) is 5.91 Å². The molecule has 0 aliphatic carbocycles. The van der Waals surface area contributed by atoms with Gasteiger partial charge in [0.2, 0.25) is 0 Å². The van der Waals surface area contributed by atoms with Crippen LogP contribution in [0.4, 0.5) is 0 Å². The first-order chi connectivity index (χ1) is 14.0. The van der Waals surface area contributed by atoms with Gasteiger partial charge in [0.15, 0.2) is 5.65 Å². The maximum absolute atomic E-state index is 12.7. The second-order valence-corrected chi connectivity index (χ2v) is 7.81. The first-order valence-electron chi connectivity index (χ1n) is 10.0. The van der Waals surface area contributed by atoms with E-state index in [9.17, 15) is 4.79 Å². The zero-order valence-corrected chi connectivity index (χ0v) is 17.1. The predicted molar refractivity (Wildman–Crippen MR) is 111 cm³/mol. The average molecular weight is 393 g/mol. The molecule has 0 radical (unpaired) electrons. The van der Waals surface area contributed by atoms with Crippen LogP contribution in [0.2, 0.25) is 0 Å². The van der Waals surface area contributed by atoms with Crippen LogP contribution in [-0.4, -0.2) is 51.6 Å². The normalized spacial score (nSPS) is 17.2. The van der Waals surface area contributed by atoms with Crippen molar-refractivity contribution in [2.75, 3.05) is 20.2 Å². The SMILES string of the molecule is COc1cccc(CNC(=O)c2ccc3nnc(C4CCN(C(C)C)C4)n3c2)c1. The number of carbonyl (C=O) groups is 1. The lowest BCUT2D eigenvalue weighted by molar-refractivity contribution is 0.0950. The van der Waals surface area contributed by atoms with Crippen molar-refractivity contribution >= 4 is 11.6 Å². The van der Waals surface area contributed by atoms with Crippen LogP contribution < -0.4 is 10.1 Å². The van der Waals surface area contributed by atoms with Crippen molar-refractivity contribution in [2.45, 2.75) is 38.8 Å². The average Bonchev–Trinajstić information content (AvgIpc) is 3.38. The maximum Gasteiger partial charge on any atom is 0.253 e. The Balaban J connectivity index is 1.50. The van der Waals surface area contributed by atoms with E-state index in [0.29, 0.717) is 24.1 Å². The maximum atomic E-state index is 12.7. The van der Waals surface area contributed by atoms with E-state index in [-0.39, 0.29) is 5.91 Å². The number of fused-ring (bicyclic) bond motifs is 1. The van der Waals surface area contributed by atoms with E-state index in [1.165, 1.54) is 0 Å². The van der Waals surface area contributed by atoms with Crippen molar-refractivity contribution in [1.82, 2.24) is 24.8 Å². The zero-order chi connectivity index (χ0) is 20.4. The van der Waals surface area contributed by atoms with Gasteiger partial charge in [-0.25, -0.2) is 0 Å². The third kappa shape index (κ3) is 4.10. The largest absolute Gasteiger partial charge is 0.497 e. The number of carbonyl (C=O) groups excluding carboxylic acids is 1. The molecule has 29 heavy (non-hydrogen) atoms. The van der Waals surface area contributed by atoms with E-state index in [1.807, 2.05) is 40.9 Å². The summed E-state index contributed by atoms with van der Waals surface area (Å²) in [5, 5.41) is 11.7. The highest BCUT2D eigenvalue weighted by atomic mass is 16.5. The Morgan fingerprint density at radius 3 is 2.90 bits per heavy atom. The first-order valence-corrected chi connectivity index (χ1v) is 10.0. The molecule has 4 rings (SSSR count). The van der Waals surface area contributed by atoms with Crippen molar-refractivity contribution in [2.24, 2.45) is 0 Å². The summed E-state index contributed by atoms with van der Waals surface area (Å²) in [6.45, 7) is 6.92. The fraction of sp³-hybridized carbons (Fsp3) is 0.409. The molecular formula is C22H27N5O2. The van der Waals surface area contributed by atoms with Gasteiger partial charge in [0.1, 0.15) is 11.6 Å². The van der Waals surface area contributed by atoms with E-state index >= 15 is 0 Å². The molecule has 1 aliphatic heterocycles. The first kappa shape index (κ1) is 19.4. The lowest BCUT2D eigenvalue weighted by atomic mass is 10.1. The second-order valence-electron chi connectivity index (χ2n) is 7.81. The van der Waals surface area contributed by atoms with Crippen LogP contribution in [0.1, 0.15) is 47.9 Å². The summed E-state index contributed by atoms with van der Waals surface area (Å²) >= 11 is 0. The summed E-state index contributed by atoms with van der Waals surface area (Å²) in [7, 11) is 1.63. The Morgan fingerprint density at radius 2 is 2.14 bits per heavy atom. The van der Waals surface area contributed by atoms with Gasteiger partial charge >= 0.3 is 0 Å². The highest BCUT2D eigenvalue weighted by molar-refractivity contribution is 5.94. The van der Waals surface area contributed by atoms with Crippen LogP contribution in [0.25, 0.3) is 5.65 Å². The fourth-order valence-electron chi connectivity index (χ4n) is 3.86. The molecule has 3 heterocycles. The van der Waals surface area contributed by atoms with Crippen molar-refractivity contribution in [3.05, 3.63) is 59.5 Å². The highest BCUT2D eigenvalue weighted by Gasteiger charge is 2.29.